The summed E-state index contributed by atoms with van der Waals surface area (Å²) in [4.78, 5) is 20.4. The van der Waals surface area contributed by atoms with Crippen LogP contribution in [0.15, 0.2) is 23.7 Å². The molecule has 0 N–H and O–H groups in total. The number of hydrogen-bond acceptors (Lipinski definition) is 5. The normalized spacial score (nSPS) is 17.6. The monoisotopic (exact) mass is 319 g/mol. The van der Waals surface area contributed by atoms with Crippen molar-refractivity contribution >= 4 is 27.6 Å². The summed E-state index contributed by atoms with van der Waals surface area (Å²) < 4.78 is 6.29. The van der Waals surface area contributed by atoms with E-state index in [1.807, 2.05) is 19.2 Å². The van der Waals surface area contributed by atoms with Crippen LogP contribution in [0.2, 0.25) is 0 Å². The van der Waals surface area contributed by atoms with Crippen LogP contribution in [-0.4, -0.2) is 53.7 Å². The van der Waals surface area contributed by atoms with Gasteiger partial charge >= 0.3 is 6.09 Å². The van der Waals surface area contributed by atoms with Gasteiger partial charge in [-0.15, -0.1) is 11.3 Å². The Hall–Kier alpha value is -1.66. The summed E-state index contributed by atoms with van der Waals surface area (Å²) >= 11 is 1.72. The number of rotatable bonds is 3. The first kappa shape index (κ1) is 15.2. The molecule has 0 unspecified atom stereocenters. The number of piperazine rings is 1. The SMILES string of the molecule is CCOC(=O)N1CCN([C@H](C)c2cnc3ccsc3c2)CC1. The Kier molecular flexibility index (Phi) is 4.59. The van der Waals surface area contributed by atoms with E-state index in [1.165, 1.54) is 10.3 Å². The van der Waals surface area contributed by atoms with Crippen LogP contribution in [0.3, 0.4) is 0 Å². The molecule has 0 spiro atoms. The van der Waals surface area contributed by atoms with Gasteiger partial charge in [-0.05, 0) is 36.9 Å². The van der Waals surface area contributed by atoms with E-state index in [1.54, 1.807) is 16.2 Å². The summed E-state index contributed by atoms with van der Waals surface area (Å²) in [6.45, 7) is 7.64. The van der Waals surface area contributed by atoms with Gasteiger partial charge < -0.3 is 9.64 Å². The Balaban J connectivity index is 1.64. The fourth-order valence-corrected chi connectivity index (χ4v) is 3.60. The lowest BCUT2D eigenvalue weighted by atomic mass is 10.1. The molecule has 0 aliphatic carbocycles. The third-order valence-corrected chi connectivity index (χ3v) is 5.05. The number of aromatic nitrogens is 1. The molecule has 1 aliphatic rings. The Morgan fingerprint density at radius 2 is 2.18 bits per heavy atom. The first-order chi connectivity index (χ1) is 10.7. The van der Waals surface area contributed by atoms with Crippen molar-refractivity contribution in [3.63, 3.8) is 0 Å². The van der Waals surface area contributed by atoms with E-state index in [4.69, 9.17) is 4.74 Å². The highest BCUT2D eigenvalue weighted by Gasteiger charge is 2.25. The summed E-state index contributed by atoms with van der Waals surface area (Å²) in [6, 6.07) is 4.59. The molecule has 118 valence electrons. The average Bonchev–Trinajstić information content (AvgIpc) is 3.02. The van der Waals surface area contributed by atoms with Crippen molar-refractivity contribution in [2.24, 2.45) is 0 Å². The molecule has 0 radical (unpaired) electrons. The minimum Gasteiger partial charge on any atom is -0.450 e. The number of hydrogen-bond donors (Lipinski definition) is 0. The smallest absolute Gasteiger partial charge is 0.409 e. The van der Waals surface area contributed by atoms with Crippen molar-refractivity contribution in [3.8, 4) is 0 Å². The van der Waals surface area contributed by atoms with Crippen LogP contribution in [0.4, 0.5) is 4.79 Å². The Labute approximate surface area is 134 Å². The maximum Gasteiger partial charge on any atom is 0.409 e. The second kappa shape index (κ2) is 6.62. The largest absolute Gasteiger partial charge is 0.450 e. The second-order valence-electron chi connectivity index (χ2n) is 5.47. The van der Waals surface area contributed by atoms with Gasteiger partial charge in [-0.1, -0.05) is 0 Å². The van der Waals surface area contributed by atoms with E-state index in [-0.39, 0.29) is 6.09 Å². The van der Waals surface area contributed by atoms with E-state index >= 15 is 0 Å². The Bertz CT molecular complexity index is 650. The van der Waals surface area contributed by atoms with Gasteiger partial charge in [0.15, 0.2) is 0 Å². The number of nitrogens with zero attached hydrogens (tertiary/aromatic N) is 3. The molecule has 3 rings (SSSR count). The zero-order chi connectivity index (χ0) is 15.5. The van der Waals surface area contributed by atoms with Gasteiger partial charge in [0.05, 0.1) is 16.8 Å². The van der Waals surface area contributed by atoms with Gasteiger partial charge in [-0.2, -0.15) is 0 Å². The van der Waals surface area contributed by atoms with Crippen LogP contribution in [0.5, 0.6) is 0 Å². The Morgan fingerprint density at radius 3 is 2.91 bits per heavy atom. The number of pyridine rings is 1. The minimum absolute atomic E-state index is 0.198. The van der Waals surface area contributed by atoms with E-state index in [0.29, 0.717) is 12.6 Å². The summed E-state index contributed by atoms with van der Waals surface area (Å²) in [7, 11) is 0. The standard InChI is InChI=1S/C16H21N3O2S/c1-3-21-16(20)19-7-5-18(6-8-19)12(2)13-10-15-14(17-11-13)4-9-22-15/h4,9-12H,3,5-8H2,1-2H3/t12-/m1/s1. The van der Waals surface area contributed by atoms with Gasteiger partial charge in [-0.25, -0.2) is 4.79 Å². The topological polar surface area (TPSA) is 45.7 Å². The number of carbonyl (C=O) groups is 1. The highest BCUT2D eigenvalue weighted by atomic mass is 32.1. The van der Waals surface area contributed by atoms with Gasteiger partial charge in [0, 0.05) is 38.4 Å². The van der Waals surface area contributed by atoms with Crippen LogP contribution in [0.1, 0.15) is 25.5 Å². The Morgan fingerprint density at radius 1 is 1.41 bits per heavy atom. The molecule has 0 aromatic carbocycles. The van der Waals surface area contributed by atoms with Crippen molar-refractivity contribution in [1.29, 1.82) is 0 Å². The highest BCUT2D eigenvalue weighted by Crippen LogP contribution is 2.26. The van der Waals surface area contributed by atoms with Gasteiger partial charge in [0.1, 0.15) is 0 Å². The zero-order valence-corrected chi connectivity index (χ0v) is 13.8. The van der Waals surface area contributed by atoms with Crippen molar-refractivity contribution in [1.82, 2.24) is 14.8 Å². The molecule has 5 nitrogen and oxygen atoms in total. The molecule has 1 fully saturated rings. The first-order valence-electron chi connectivity index (χ1n) is 7.68. The quantitative estimate of drug-likeness (QED) is 0.872. The van der Waals surface area contributed by atoms with Crippen LogP contribution in [-0.2, 0) is 4.74 Å². The van der Waals surface area contributed by atoms with Crippen molar-refractivity contribution in [2.75, 3.05) is 32.8 Å². The second-order valence-corrected chi connectivity index (χ2v) is 6.42. The number of carbonyl (C=O) groups excluding carboxylic acids is 1. The molecule has 1 atom stereocenters. The lowest BCUT2D eigenvalue weighted by Crippen LogP contribution is -2.49. The summed E-state index contributed by atoms with van der Waals surface area (Å²) in [5.41, 5.74) is 2.30. The zero-order valence-electron chi connectivity index (χ0n) is 13.0. The maximum absolute atomic E-state index is 11.7. The van der Waals surface area contributed by atoms with Crippen molar-refractivity contribution in [2.45, 2.75) is 19.9 Å². The molecule has 2 aromatic heterocycles. The third-order valence-electron chi connectivity index (χ3n) is 4.19. The molecule has 6 heteroatoms. The van der Waals surface area contributed by atoms with E-state index in [0.717, 1.165) is 31.7 Å². The maximum atomic E-state index is 11.7. The minimum atomic E-state index is -0.198. The highest BCUT2D eigenvalue weighted by molar-refractivity contribution is 7.17. The van der Waals surface area contributed by atoms with Crippen LogP contribution < -0.4 is 0 Å². The lowest BCUT2D eigenvalue weighted by Gasteiger charge is -2.37. The van der Waals surface area contributed by atoms with Crippen LogP contribution in [0.25, 0.3) is 10.2 Å². The molecular weight excluding hydrogens is 298 g/mol. The van der Waals surface area contributed by atoms with E-state index in [9.17, 15) is 4.79 Å². The van der Waals surface area contributed by atoms with Gasteiger partial charge in [-0.3, -0.25) is 9.88 Å². The fourth-order valence-electron chi connectivity index (χ4n) is 2.81. The molecule has 1 aliphatic heterocycles. The van der Waals surface area contributed by atoms with Crippen molar-refractivity contribution in [3.05, 3.63) is 29.3 Å². The van der Waals surface area contributed by atoms with Gasteiger partial charge in [0.25, 0.3) is 0 Å². The van der Waals surface area contributed by atoms with E-state index in [2.05, 4.69) is 28.3 Å². The number of ether oxygens (including phenoxy) is 1. The molecule has 1 saturated heterocycles. The predicted octanol–water partition coefficient (Wildman–Crippen LogP) is 3.13. The van der Waals surface area contributed by atoms with Crippen LogP contribution >= 0.6 is 11.3 Å². The molecule has 3 heterocycles. The van der Waals surface area contributed by atoms with Crippen LogP contribution in [0, 0.1) is 0 Å². The van der Waals surface area contributed by atoms with E-state index < -0.39 is 0 Å². The number of fused-ring (bicyclic) bond motifs is 1. The third kappa shape index (κ3) is 3.08. The molecular formula is C16H21N3O2S. The van der Waals surface area contributed by atoms with Crippen molar-refractivity contribution < 1.29 is 9.53 Å². The molecule has 1 amide bonds. The summed E-state index contributed by atoms with van der Waals surface area (Å²) in [6.07, 6.45) is 1.77. The average molecular weight is 319 g/mol. The summed E-state index contributed by atoms with van der Waals surface area (Å²) in [5, 5.41) is 2.07. The number of amides is 1. The molecule has 0 saturated carbocycles. The number of thiophene rings is 1. The molecule has 0 bridgehead atoms. The predicted molar refractivity (Wildman–Crippen MR) is 88.2 cm³/mol. The molecule has 22 heavy (non-hydrogen) atoms. The summed E-state index contributed by atoms with van der Waals surface area (Å²) in [5.74, 6) is 0. The fraction of sp³-hybridized carbons (Fsp3) is 0.500. The lowest BCUT2D eigenvalue weighted by molar-refractivity contribution is 0.0686. The first-order valence-corrected chi connectivity index (χ1v) is 8.56. The van der Waals surface area contributed by atoms with Gasteiger partial charge in [0.2, 0.25) is 0 Å². The molecule has 2 aromatic rings.